The van der Waals surface area contributed by atoms with Crippen molar-refractivity contribution in [2.45, 2.75) is 51.1 Å². The highest BCUT2D eigenvalue weighted by molar-refractivity contribution is 7.86. The Kier molecular flexibility index (Phi) is 7.73. The lowest BCUT2D eigenvalue weighted by atomic mass is 9.96. The first kappa shape index (κ1) is 20.6. The van der Waals surface area contributed by atoms with Crippen molar-refractivity contribution in [3.05, 3.63) is 0 Å². The molecule has 1 atom stereocenters. The molecule has 0 aromatic carbocycles. The topological polar surface area (TPSA) is 87.0 Å². The van der Waals surface area contributed by atoms with Crippen molar-refractivity contribution in [2.24, 2.45) is 5.73 Å². The first-order chi connectivity index (χ1) is 10.3. The van der Waals surface area contributed by atoms with Crippen LogP contribution < -0.4 is 5.73 Å². The first-order valence-electron chi connectivity index (χ1n) is 8.11. The van der Waals surface area contributed by atoms with Crippen LogP contribution in [0.5, 0.6) is 0 Å². The third kappa shape index (κ3) is 4.79. The Morgan fingerprint density at radius 1 is 1.13 bits per heavy atom. The highest BCUT2D eigenvalue weighted by Crippen LogP contribution is 2.25. The average molecular weight is 369 g/mol. The van der Waals surface area contributed by atoms with Gasteiger partial charge in [0.2, 0.25) is 5.91 Å². The van der Waals surface area contributed by atoms with Crippen molar-refractivity contribution < 1.29 is 13.2 Å². The molecule has 1 aliphatic heterocycles. The number of nitrogens with two attached hydrogens (primary N) is 1. The minimum Gasteiger partial charge on any atom is -0.339 e. The van der Waals surface area contributed by atoms with Crippen LogP contribution in [0.4, 0.5) is 0 Å². The van der Waals surface area contributed by atoms with Gasteiger partial charge in [0.05, 0.1) is 6.04 Å². The summed E-state index contributed by atoms with van der Waals surface area (Å²) in [4.78, 5) is 13.5. The SMILES string of the molecule is CC(N)C(=O)N1CCN(S(=O)(=O)N(C)C2CCCCC2)CC1.Cl. The minimum absolute atomic E-state index is 0. The van der Waals surface area contributed by atoms with E-state index in [0.717, 1.165) is 25.7 Å². The third-order valence-corrected chi connectivity index (χ3v) is 6.76. The van der Waals surface area contributed by atoms with E-state index in [-0.39, 0.29) is 24.4 Å². The fourth-order valence-corrected chi connectivity index (χ4v) is 4.82. The van der Waals surface area contributed by atoms with E-state index >= 15 is 0 Å². The van der Waals surface area contributed by atoms with E-state index in [4.69, 9.17) is 5.73 Å². The van der Waals surface area contributed by atoms with Crippen LogP contribution in [0.1, 0.15) is 39.0 Å². The standard InChI is InChI=1S/C14H28N4O3S.ClH/c1-12(15)14(19)17-8-10-18(11-9-17)22(20,21)16(2)13-6-4-3-5-7-13;/h12-13H,3-11,15H2,1-2H3;1H. The molecule has 0 aromatic rings. The van der Waals surface area contributed by atoms with Crippen LogP contribution >= 0.6 is 12.4 Å². The monoisotopic (exact) mass is 368 g/mol. The zero-order chi connectivity index (χ0) is 16.3. The van der Waals surface area contributed by atoms with Gasteiger partial charge in [-0.2, -0.15) is 17.0 Å². The lowest BCUT2D eigenvalue weighted by molar-refractivity contribution is -0.133. The van der Waals surface area contributed by atoms with E-state index in [2.05, 4.69) is 0 Å². The predicted octanol–water partition coefficient (Wildman–Crippen LogP) is 0.409. The molecule has 7 nitrogen and oxygen atoms in total. The van der Waals surface area contributed by atoms with Gasteiger partial charge in [-0.05, 0) is 19.8 Å². The largest absolute Gasteiger partial charge is 0.339 e. The second kappa shape index (κ2) is 8.62. The molecule has 2 rings (SSSR count). The molecule has 0 spiro atoms. The summed E-state index contributed by atoms with van der Waals surface area (Å²) in [6.45, 7) is 3.17. The molecule has 2 aliphatic rings. The van der Waals surface area contributed by atoms with Gasteiger partial charge in [0.1, 0.15) is 0 Å². The fraction of sp³-hybridized carbons (Fsp3) is 0.929. The molecular weight excluding hydrogens is 340 g/mol. The molecule has 2 fully saturated rings. The first-order valence-corrected chi connectivity index (χ1v) is 9.51. The number of rotatable bonds is 4. The quantitative estimate of drug-likeness (QED) is 0.778. The summed E-state index contributed by atoms with van der Waals surface area (Å²) in [5.74, 6) is -0.113. The lowest BCUT2D eigenvalue weighted by Gasteiger charge is -2.39. The average Bonchev–Trinajstić information content (AvgIpc) is 2.54. The number of nitrogens with zero attached hydrogens (tertiary/aromatic N) is 3. The molecule has 0 radical (unpaired) electrons. The summed E-state index contributed by atoms with van der Waals surface area (Å²) in [6.07, 6.45) is 5.28. The zero-order valence-electron chi connectivity index (χ0n) is 14.0. The lowest BCUT2D eigenvalue weighted by Crippen LogP contribution is -2.56. The molecule has 1 saturated heterocycles. The Morgan fingerprint density at radius 2 is 1.65 bits per heavy atom. The minimum atomic E-state index is -3.43. The fourth-order valence-electron chi connectivity index (χ4n) is 3.24. The summed E-state index contributed by atoms with van der Waals surface area (Å²) in [5.41, 5.74) is 5.60. The van der Waals surface area contributed by atoms with Crippen LogP contribution in [0, 0.1) is 0 Å². The van der Waals surface area contributed by atoms with E-state index in [9.17, 15) is 13.2 Å². The number of carbonyl (C=O) groups excluding carboxylic acids is 1. The third-order valence-electron chi connectivity index (χ3n) is 4.72. The van der Waals surface area contributed by atoms with Crippen molar-refractivity contribution in [2.75, 3.05) is 33.2 Å². The highest BCUT2D eigenvalue weighted by Gasteiger charge is 2.35. The van der Waals surface area contributed by atoms with Crippen molar-refractivity contribution >= 4 is 28.5 Å². The summed E-state index contributed by atoms with van der Waals surface area (Å²) < 4.78 is 28.5. The molecule has 1 amide bonds. The maximum atomic E-state index is 12.7. The maximum absolute atomic E-state index is 12.7. The Labute approximate surface area is 145 Å². The molecule has 23 heavy (non-hydrogen) atoms. The molecule has 9 heteroatoms. The van der Waals surface area contributed by atoms with E-state index < -0.39 is 16.3 Å². The van der Waals surface area contributed by atoms with Crippen molar-refractivity contribution in [1.82, 2.24) is 13.5 Å². The van der Waals surface area contributed by atoms with Crippen molar-refractivity contribution in [1.29, 1.82) is 0 Å². The molecule has 1 aliphatic carbocycles. The predicted molar refractivity (Wildman–Crippen MR) is 92.6 cm³/mol. The molecule has 1 heterocycles. The van der Waals surface area contributed by atoms with Crippen LogP contribution in [0.2, 0.25) is 0 Å². The molecule has 2 N–H and O–H groups in total. The van der Waals surface area contributed by atoms with Crippen LogP contribution in [-0.2, 0) is 15.0 Å². The molecule has 0 bridgehead atoms. The smallest absolute Gasteiger partial charge is 0.282 e. The van der Waals surface area contributed by atoms with E-state index in [1.165, 1.54) is 15.0 Å². The van der Waals surface area contributed by atoms with Gasteiger partial charge in [-0.15, -0.1) is 12.4 Å². The van der Waals surface area contributed by atoms with E-state index in [1.54, 1.807) is 18.9 Å². The Balaban J connectivity index is 0.00000264. The van der Waals surface area contributed by atoms with Gasteiger partial charge in [0.15, 0.2) is 0 Å². The van der Waals surface area contributed by atoms with Crippen LogP contribution in [0.15, 0.2) is 0 Å². The Bertz CT molecular complexity index is 486. The van der Waals surface area contributed by atoms with Gasteiger partial charge in [-0.25, -0.2) is 0 Å². The molecular formula is C14H29ClN4O3S. The Hall–Kier alpha value is -0.410. The second-order valence-corrected chi connectivity index (χ2v) is 8.32. The van der Waals surface area contributed by atoms with Crippen molar-refractivity contribution in [3.8, 4) is 0 Å². The summed E-state index contributed by atoms with van der Waals surface area (Å²) in [5, 5.41) is 0. The van der Waals surface area contributed by atoms with Crippen LogP contribution in [-0.4, -0.2) is 73.1 Å². The van der Waals surface area contributed by atoms with Crippen LogP contribution in [0.3, 0.4) is 0 Å². The van der Waals surface area contributed by atoms with Gasteiger partial charge in [0, 0.05) is 39.3 Å². The highest BCUT2D eigenvalue weighted by atomic mass is 35.5. The van der Waals surface area contributed by atoms with Gasteiger partial charge in [-0.1, -0.05) is 19.3 Å². The zero-order valence-corrected chi connectivity index (χ0v) is 15.6. The molecule has 1 saturated carbocycles. The number of carbonyl (C=O) groups is 1. The van der Waals surface area contributed by atoms with E-state index in [0.29, 0.717) is 26.2 Å². The van der Waals surface area contributed by atoms with Crippen molar-refractivity contribution in [3.63, 3.8) is 0 Å². The number of halogens is 1. The maximum Gasteiger partial charge on any atom is 0.282 e. The number of hydrogen-bond donors (Lipinski definition) is 1. The molecule has 0 aromatic heterocycles. The van der Waals surface area contributed by atoms with Gasteiger partial charge >= 0.3 is 0 Å². The molecule has 136 valence electrons. The number of piperazine rings is 1. The second-order valence-electron chi connectivity index (χ2n) is 6.33. The Morgan fingerprint density at radius 3 is 2.13 bits per heavy atom. The van der Waals surface area contributed by atoms with Gasteiger partial charge in [0.25, 0.3) is 10.2 Å². The number of amides is 1. The molecule has 1 unspecified atom stereocenters. The summed E-state index contributed by atoms with van der Waals surface area (Å²) >= 11 is 0. The van der Waals surface area contributed by atoms with Crippen LogP contribution in [0.25, 0.3) is 0 Å². The van der Waals surface area contributed by atoms with E-state index in [1.807, 2.05) is 0 Å². The summed E-state index contributed by atoms with van der Waals surface area (Å²) in [6, 6.07) is -0.421. The number of hydrogen-bond acceptors (Lipinski definition) is 4. The summed E-state index contributed by atoms with van der Waals surface area (Å²) in [7, 11) is -1.75. The van der Waals surface area contributed by atoms with Gasteiger partial charge in [-0.3, -0.25) is 4.79 Å². The van der Waals surface area contributed by atoms with Gasteiger partial charge < -0.3 is 10.6 Å². The normalized spacial score (nSPS) is 22.7.